The van der Waals surface area contributed by atoms with Crippen LogP contribution in [0.1, 0.15) is 44.9 Å². The van der Waals surface area contributed by atoms with Gasteiger partial charge in [-0.1, -0.05) is 6.42 Å². The zero-order valence-electron chi connectivity index (χ0n) is 12.4. The molecule has 0 aromatic carbocycles. The summed E-state index contributed by atoms with van der Waals surface area (Å²) in [5.41, 5.74) is 2.55. The van der Waals surface area contributed by atoms with Crippen molar-refractivity contribution in [3.05, 3.63) is 39.3 Å². The summed E-state index contributed by atoms with van der Waals surface area (Å²) in [4.78, 5) is 14.5. The second kappa shape index (κ2) is 6.43. The molecule has 5 heteroatoms. The number of thiophene rings is 1. The van der Waals surface area contributed by atoms with E-state index < -0.39 is 0 Å². The molecular weight excluding hydrogens is 282 g/mol. The molecule has 0 spiro atoms. The molecule has 0 radical (unpaired) electrons. The number of nitrogens with one attached hydrogen (secondary N) is 1. The fraction of sp³-hybridized carbons (Fsp3) is 0.500. The molecule has 1 amide bonds. The van der Waals surface area contributed by atoms with E-state index in [4.69, 9.17) is 0 Å². The van der Waals surface area contributed by atoms with Crippen LogP contribution in [-0.2, 0) is 26.3 Å². The van der Waals surface area contributed by atoms with Crippen molar-refractivity contribution in [2.45, 2.75) is 38.5 Å². The number of amides is 1. The highest BCUT2D eigenvalue weighted by atomic mass is 32.1. The number of hydrogen-bond donors (Lipinski definition) is 1. The fourth-order valence-corrected chi connectivity index (χ4v) is 3.96. The van der Waals surface area contributed by atoms with Gasteiger partial charge in [0.15, 0.2) is 0 Å². The Labute approximate surface area is 129 Å². The first-order valence-corrected chi connectivity index (χ1v) is 8.41. The quantitative estimate of drug-likeness (QED) is 0.883. The number of carbonyl (C=O) groups is 1. The molecule has 0 atom stereocenters. The van der Waals surface area contributed by atoms with Crippen LogP contribution in [0.15, 0.2) is 18.5 Å². The lowest BCUT2D eigenvalue weighted by Gasteiger charge is -2.02. The maximum absolute atomic E-state index is 12.2. The van der Waals surface area contributed by atoms with Crippen molar-refractivity contribution in [2.75, 3.05) is 6.54 Å². The largest absolute Gasteiger partial charge is 0.351 e. The predicted octanol–water partition coefficient (Wildman–Crippen LogP) is 2.72. The van der Waals surface area contributed by atoms with Gasteiger partial charge in [0.1, 0.15) is 0 Å². The Morgan fingerprint density at radius 2 is 2.24 bits per heavy atom. The first kappa shape index (κ1) is 14.3. The van der Waals surface area contributed by atoms with Crippen molar-refractivity contribution in [1.29, 1.82) is 0 Å². The highest BCUT2D eigenvalue weighted by molar-refractivity contribution is 7.14. The molecule has 0 unspecified atom stereocenters. The van der Waals surface area contributed by atoms with Gasteiger partial charge in [-0.25, -0.2) is 0 Å². The minimum absolute atomic E-state index is 0.0666. The SMILES string of the molecule is Cn1cc(CCNC(=O)c2cc3c(s2)CCCCC3)cn1. The lowest BCUT2D eigenvalue weighted by atomic mass is 10.1. The molecule has 0 bridgehead atoms. The Morgan fingerprint density at radius 1 is 1.38 bits per heavy atom. The summed E-state index contributed by atoms with van der Waals surface area (Å²) in [6.45, 7) is 0.660. The first-order valence-electron chi connectivity index (χ1n) is 7.59. The fourth-order valence-electron chi connectivity index (χ4n) is 2.79. The summed E-state index contributed by atoms with van der Waals surface area (Å²) in [5, 5.41) is 7.15. The van der Waals surface area contributed by atoms with Gasteiger partial charge in [-0.3, -0.25) is 9.48 Å². The van der Waals surface area contributed by atoms with Crippen LogP contribution in [-0.4, -0.2) is 22.2 Å². The standard InChI is InChI=1S/C16H21N3OS/c1-19-11-12(10-18-19)7-8-17-16(20)15-9-13-5-3-2-4-6-14(13)21-15/h9-11H,2-8H2,1H3,(H,17,20). The lowest BCUT2D eigenvalue weighted by Crippen LogP contribution is -2.24. The molecule has 112 valence electrons. The average Bonchev–Trinajstić information content (AvgIpc) is 3.00. The molecule has 2 aromatic heterocycles. The van der Waals surface area contributed by atoms with Crippen molar-refractivity contribution in [1.82, 2.24) is 15.1 Å². The smallest absolute Gasteiger partial charge is 0.261 e. The normalized spacial score (nSPS) is 14.5. The Balaban J connectivity index is 1.55. The van der Waals surface area contributed by atoms with Crippen LogP contribution >= 0.6 is 11.3 Å². The van der Waals surface area contributed by atoms with Crippen LogP contribution in [0, 0.1) is 0 Å². The molecule has 0 fully saturated rings. The van der Waals surface area contributed by atoms with E-state index in [0.717, 1.165) is 29.7 Å². The number of fused-ring (bicyclic) bond motifs is 1. The molecule has 21 heavy (non-hydrogen) atoms. The summed E-state index contributed by atoms with van der Waals surface area (Å²) >= 11 is 1.68. The molecule has 3 rings (SSSR count). The van der Waals surface area contributed by atoms with Gasteiger partial charge in [0.2, 0.25) is 0 Å². The van der Waals surface area contributed by atoms with Crippen molar-refractivity contribution in [2.24, 2.45) is 7.05 Å². The Morgan fingerprint density at radius 3 is 3.05 bits per heavy atom. The molecule has 1 N–H and O–H groups in total. The predicted molar refractivity (Wildman–Crippen MR) is 84.8 cm³/mol. The van der Waals surface area contributed by atoms with Crippen LogP contribution in [0.3, 0.4) is 0 Å². The molecule has 2 heterocycles. The maximum atomic E-state index is 12.2. The summed E-state index contributed by atoms with van der Waals surface area (Å²) in [5.74, 6) is 0.0666. The van der Waals surface area contributed by atoms with Gasteiger partial charge in [-0.15, -0.1) is 11.3 Å². The van der Waals surface area contributed by atoms with Gasteiger partial charge in [-0.05, 0) is 49.3 Å². The van der Waals surface area contributed by atoms with Crippen LogP contribution in [0.5, 0.6) is 0 Å². The molecule has 1 aliphatic rings. The van der Waals surface area contributed by atoms with E-state index in [1.54, 1.807) is 16.0 Å². The molecule has 0 saturated carbocycles. The molecular formula is C16H21N3OS. The minimum atomic E-state index is 0.0666. The number of carbonyl (C=O) groups excluding carboxylic acids is 1. The first-order chi connectivity index (χ1) is 10.2. The molecule has 0 saturated heterocycles. The van der Waals surface area contributed by atoms with Crippen molar-refractivity contribution in [3.8, 4) is 0 Å². The monoisotopic (exact) mass is 303 g/mol. The number of hydrogen-bond acceptors (Lipinski definition) is 3. The average molecular weight is 303 g/mol. The van der Waals surface area contributed by atoms with E-state index in [2.05, 4.69) is 16.5 Å². The number of nitrogens with zero attached hydrogens (tertiary/aromatic N) is 2. The zero-order chi connectivity index (χ0) is 14.7. The van der Waals surface area contributed by atoms with E-state index in [9.17, 15) is 4.79 Å². The van der Waals surface area contributed by atoms with Crippen LogP contribution < -0.4 is 5.32 Å². The van der Waals surface area contributed by atoms with Gasteiger partial charge >= 0.3 is 0 Å². The summed E-state index contributed by atoms with van der Waals surface area (Å²) < 4.78 is 1.79. The van der Waals surface area contributed by atoms with Crippen molar-refractivity contribution >= 4 is 17.2 Å². The third-order valence-electron chi connectivity index (χ3n) is 3.93. The van der Waals surface area contributed by atoms with E-state index in [0.29, 0.717) is 6.54 Å². The van der Waals surface area contributed by atoms with Crippen molar-refractivity contribution in [3.63, 3.8) is 0 Å². The van der Waals surface area contributed by atoms with Crippen LogP contribution in [0.4, 0.5) is 0 Å². The van der Waals surface area contributed by atoms with Crippen LogP contribution in [0.2, 0.25) is 0 Å². The summed E-state index contributed by atoms with van der Waals surface area (Å²) in [6, 6.07) is 2.10. The molecule has 2 aromatic rings. The molecule has 4 nitrogen and oxygen atoms in total. The topological polar surface area (TPSA) is 46.9 Å². The Hall–Kier alpha value is -1.62. The Bertz CT molecular complexity index is 606. The number of rotatable bonds is 4. The summed E-state index contributed by atoms with van der Waals surface area (Å²) in [6.07, 6.45) is 10.8. The minimum Gasteiger partial charge on any atom is -0.351 e. The van der Waals surface area contributed by atoms with Gasteiger partial charge in [-0.2, -0.15) is 5.10 Å². The maximum Gasteiger partial charge on any atom is 0.261 e. The Kier molecular flexibility index (Phi) is 4.39. The molecule has 0 aliphatic heterocycles. The highest BCUT2D eigenvalue weighted by Gasteiger charge is 2.16. The van der Waals surface area contributed by atoms with Gasteiger partial charge in [0.25, 0.3) is 5.91 Å². The van der Waals surface area contributed by atoms with Gasteiger partial charge in [0, 0.05) is 24.7 Å². The van der Waals surface area contributed by atoms with Crippen LogP contribution in [0.25, 0.3) is 0 Å². The molecule has 1 aliphatic carbocycles. The van der Waals surface area contributed by atoms with E-state index in [-0.39, 0.29) is 5.91 Å². The lowest BCUT2D eigenvalue weighted by molar-refractivity contribution is 0.0958. The van der Waals surface area contributed by atoms with E-state index in [1.807, 2.05) is 19.4 Å². The van der Waals surface area contributed by atoms with Gasteiger partial charge < -0.3 is 5.32 Å². The van der Waals surface area contributed by atoms with E-state index >= 15 is 0 Å². The van der Waals surface area contributed by atoms with E-state index in [1.165, 1.54) is 29.7 Å². The number of aromatic nitrogens is 2. The number of aryl methyl sites for hydroxylation is 3. The summed E-state index contributed by atoms with van der Waals surface area (Å²) in [7, 11) is 1.90. The second-order valence-corrected chi connectivity index (χ2v) is 6.78. The highest BCUT2D eigenvalue weighted by Crippen LogP contribution is 2.28. The third-order valence-corrected chi connectivity index (χ3v) is 5.16. The second-order valence-electron chi connectivity index (χ2n) is 5.65. The van der Waals surface area contributed by atoms with Crippen molar-refractivity contribution < 1.29 is 4.79 Å². The van der Waals surface area contributed by atoms with Gasteiger partial charge in [0.05, 0.1) is 11.1 Å². The third kappa shape index (κ3) is 3.53. The zero-order valence-corrected chi connectivity index (χ0v) is 13.2.